The number of nitrogens with one attached hydrogen (secondary N) is 1. The highest BCUT2D eigenvalue weighted by Crippen LogP contribution is 2.28. The fourth-order valence-electron chi connectivity index (χ4n) is 2.40. The van der Waals surface area contributed by atoms with E-state index in [2.05, 4.69) is 16.6 Å². The summed E-state index contributed by atoms with van der Waals surface area (Å²) in [4.78, 5) is 23.4. The number of carbonyl (C=O) groups is 2. The minimum atomic E-state index is -0.396. The second-order valence-electron chi connectivity index (χ2n) is 5.73. The predicted octanol–water partition coefficient (Wildman–Crippen LogP) is 2.91. The molecule has 0 atom stereocenters. The lowest BCUT2D eigenvalue weighted by atomic mass is 10.1. The molecule has 2 aromatic carbocycles. The van der Waals surface area contributed by atoms with E-state index in [0.717, 1.165) is 17.5 Å². The van der Waals surface area contributed by atoms with Crippen LogP contribution in [0.15, 0.2) is 55.1 Å². The Morgan fingerprint density at radius 2 is 1.74 bits per heavy atom. The van der Waals surface area contributed by atoms with E-state index in [9.17, 15) is 9.59 Å². The summed E-state index contributed by atoms with van der Waals surface area (Å²) in [7, 11) is 2.89. The fraction of sp³-hybridized carbons (Fsp3) is 0.238. The SMILES string of the molecule is C=CCc1ccc(OCC(=O)NCc2ccc(C(=O)OC)cc2)c(OC)c1. The number of hydrogen-bond donors (Lipinski definition) is 1. The Morgan fingerprint density at radius 3 is 2.37 bits per heavy atom. The Labute approximate surface area is 158 Å². The quantitative estimate of drug-likeness (QED) is 0.543. The topological polar surface area (TPSA) is 73.9 Å². The van der Waals surface area contributed by atoms with Crippen molar-refractivity contribution in [2.75, 3.05) is 20.8 Å². The first-order chi connectivity index (χ1) is 13.1. The second-order valence-corrected chi connectivity index (χ2v) is 5.73. The van der Waals surface area contributed by atoms with Crippen molar-refractivity contribution >= 4 is 11.9 Å². The Morgan fingerprint density at radius 1 is 1.04 bits per heavy atom. The fourth-order valence-corrected chi connectivity index (χ4v) is 2.40. The molecule has 6 nitrogen and oxygen atoms in total. The molecule has 0 bridgehead atoms. The van der Waals surface area contributed by atoms with Crippen LogP contribution in [0.2, 0.25) is 0 Å². The minimum Gasteiger partial charge on any atom is -0.493 e. The van der Waals surface area contributed by atoms with Crippen molar-refractivity contribution in [3.63, 3.8) is 0 Å². The zero-order chi connectivity index (χ0) is 19.6. The normalized spacial score (nSPS) is 10.0. The highest BCUT2D eigenvalue weighted by molar-refractivity contribution is 5.89. The van der Waals surface area contributed by atoms with Gasteiger partial charge in [0.1, 0.15) is 0 Å². The summed E-state index contributed by atoms with van der Waals surface area (Å²) in [5.41, 5.74) is 2.37. The lowest BCUT2D eigenvalue weighted by Gasteiger charge is -2.12. The van der Waals surface area contributed by atoms with Crippen LogP contribution in [0.1, 0.15) is 21.5 Å². The van der Waals surface area contributed by atoms with E-state index >= 15 is 0 Å². The Hall–Kier alpha value is -3.28. The molecule has 0 saturated carbocycles. The summed E-state index contributed by atoms with van der Waals surface area (Å²) < 4.78 is 15.5. The third-order valence-electron chi connectivity index (χ3n) is 3.83. The van der Waals surface area contributed by atoms with E-state index in [0.29, 0.717) is 23.6 Å². The second kappa shape index (κ2) is 10.0. The maximum Gasteiger partial charge on any atom is 0.337 e. The van der Waals surface area contributed by atoms with Crippen molar-refractivity contribution in [3.8, 4) is 11.5 Å². The Balaban J connectivity index is 1.85. The number of hydrogen-bond acceptors (Lipinski definition) is 5. The first-order valence-electron chi connectivity index (χ1n) is 8.42. The summed E-state index contributed by atoms with van der Waals surface area (Å²) in [6.07, 6.45) is 2.53. The third-order valence-corrected chi connectivity index (χ3v) is 3.83. The number of allylic oxidation sites excluding steroid dienone is 1. The molecule has 0 spiro atoms. The van der Waals surface area contributed by atoms with Crippen LogP contribution < -0.4 is 14.8 Å². The molecule has 6 heteroatoms. The molecule has 0 aliphatic rings. The molecule has 0 aliphatic heterocycles. The van der Waals surface area contributed by atoms with Crippen LogP contribution in [0.5, 0.6) is 11.5 Å². The summed E-state index contributed by atoms with van der Waals surface area (Å²) in [6, 6.07) is 12.4. The molecule has 0 aliphatic carbocycles. The number of ether oxygens (including phenoxy) is 3. The van der Waals surface area contributed by atoms with E-state index in [1.807, 2.05) is 12.1 Å². The summed E-state index contributed by atoms with van der Waals surface area (Å²) in [5.74, 6) is 0.416. The first-order valence-corrected chi connectivity index (χ1v) is 8.42. The molecule has 27 heavy (non-hydrogen) atoms. The van der Waals surface area contributed by atoms with E-state index in [4.69, 9.17) is 9.47 Å². The maximum atomic E-state index is 12.0. The van der Waals surface area contributed by atoms with Crippen molar-refractivity contribution in [1.82, 2.24) is 5.32 Å². The number of rotatable bonds is 9. The van der Waals surface area contributed by atoms with Crippen LogP contribution in [-0.2, 0) is 22.5 Å². The molecule has 0 unspecified atom stereocenters. The van der Waals surface area contributed by atoms with Gasteiger partial charge < -0.3 is 19.5 Å². The largest absolute Gasteiger partial charge is 0.493 e. The van der Waals surface area contributed by atoms with Gasteiger partial charge in [-0.15, -0.1) is 6.58 Å². The number of esters is 1. The van der Waals surface area contributed by atoms with Crippen molar-refractivity contribution in [2.24, 2.45) is 0 Å². The van der Waals surface area contributed by atoms with Gasteiger partial charge in [0.15, 0.2) is 18.1 Å². The Bertz CT molecular complexity index is 799. The van der Waals surface area contributed by atoms with Crippen molar-refractivity contribution in [2.45, 2.75) is 13.0 Å². The van der Waals surface area contributed by atoms with E-state index in [-0.39, 0.29) is 12.5 Å². The molecular formula is C21H23NO5. The van der Waals surface area contributed by atoms with Gasteiger partial charge in [0.2, 0.25) is 0 Å². The van der Waals surface area contributed by atoms with Gasteiger partial charge in [-0.3, -0.25) is 4.79 Å². The first kappa shape index (κ1) is 20.0. The lowest BCUT2D eigenvalue weighted by Crippen LogP contribution is -2.28. The molecule has 2 aromatic rings. The van der Waals surface area contributed by atoms with Crippen molar-refractivity contribution in [3.05, 3.63) is 71.8 Å². The van der Waals surface area contributed by atoms with E-state index in [1.165, 1.54) is 7.11 Å². The molecule has 0 radical (unpaired) electrons. The van der Waals surface area contributed by atoms with Crippen LogP contribution in [0.4, 0.5) is 0 Å². The molecule has 142 valence electrons. The lowest BCUT2D eigenvalue weighted by molar-refractivity contribution is -0.123. The summed E-state index contributed by atoms with van der Waals surface area (Å²) in [5, 5.41) is 2.77. The van der Waals surface area contributed by atoms with Crippen LogP contribution in [0.25, 0.3) is 0 Å². The molecular weight excluding hydrogens is 346 g/mol. The number of methoxy groups -OCH3 is 2. The van der Waals surface area contributed by atoms with Crippen molar-refractivity contribution < 1.29 is 23.8 Å². The molecule has 1 amide bonds. The van der Waals surface area contributed by atoms with Gasteiger partial charge in [0, 0.05) is 6.54 Å². The van der Waals surface area contributed by atoms with Crippen LogP contribution in [-0.4, -0.2) is 32.7 Å². The van der Waals surface area contributed by atoms with Crippen LogP contribution in [0.3, 0.4) is 0 Å². The number of amides is 1. The Kier molecular flexibility index (Phi) is 7.43. The molecule has 0 fully saturated rings. The average Bonchev–Trinajstić information content (AvgIpc) is 2.71. The highest BCUT2D eigenvalue weighted by atomic mass is 16.5. The molecule has 1 N–H and O–H groups in total. The van der Waals surface area contributed by atoms with Crippen LogP contribution >= 0.6 is 0 Å². The molecule has 0 saturated heterocycles. The van der Waals surface area contributed by atoms with Crippen molar-refractivity contribution in [1.29, 1.82) is 0 Å². The molecule has 2 rings (SSSR count). The van der Waals surface area contributed by atoms with Gasteiger partial charge in [-0.2, -0.15) is 0 Å². The molecule has 0 aromatic heterocycles. The zero-order valence-electron chi connectivity index (χ0n) is 15.5. The number of carbonyl (C=O) groups excluding carboxylic acids is 2. The standard InChI is InChI=1S/C21H23NO5/c1-4-5-15-8-11-18(19(12-15)25-2)27-14-20(23)22-13-16-6-9-17(10-7-16)21(24)26-3/h4,6-12H,1,5,13-14H2,2-3H3,(H,22,23). The number of benzene rings is 2. The third kappa shape index (κ3) is 5.88. The zero-order valence-corrected chi connectivity index (χ0v) is 15.5. The summed E-state index contributed by atoms with van der Waals surface area (Å²) >= 11 is 0. The van der Waals surface area contributed by atoms with Gasteiger partial charge in [0.25, 0.3) is 5.91 Å². The van der Waals surface area contributed by atoms with Gasteiger partial charge >= 0.3 is 5.97 Å². The highest BCUT2D eigenvalue weighted by Gasteiger charge is 2.09. The van der Waals surface area contributed by atoms with E-state index in [1.54, 1.807) is 43.5 Å². The smallest absolute Gasteiger partial charge is 0.337 e. The molecule has 0 heterocycles. The monoisotopic (exact) mass is 369 g/mol. The average molecular weight is 369 g/mol. The minimum absolute atomic E-state index is 0.128. The summed E-state index contributed by atoms with van der Waals surface area (Å²) in [6.45, 7) is 3.91. The van der Waals surface area contributed by atoms with Gasteiger partial charge in [0.05, 0.1) is 19.8 Å². The maximum absolute atomic E-state index is 12.0. The van der Waals surface area contributed by atoms with Crippen LogP contribution in [0, 0.1) is 0 Å². The van der Waals surface area contributed by atoms with Gasteiger partial charge in [-0.1, -0.05) is 24.3 Å². The van der Waals surface area contributed by atoms with Gasteiger partial charge in [-0.05, 0) is 41.8 Å². The van der Waals surface area contributed by atoms with E-state index < -0.39 is 5.97 Å². The van der Waals surface area contributed by atoms with Gasteiger partial charge in [-0.25, -0.2) is 4.79 Å². The predicted molar refractivity (Wildman–Crippen MR) is 102 cm³/mol.